The third-order valence-corrected chi connectivity index (χ3v) is 59.2. The average molecular weight is 682 g/mol. The van der Waals surface area contributed by atoms with Crippen molar-refractivity contribution < 1.29 is 1.41 Å². The van der Waals surface area contributed by atoms with Crippen molar-refractivity contribution in [1.82, 2.24) is 0 Å². The van der Waals surface area contributed by atoms with Gasteiger partial charge in [-0.25, -0.2) is 0 Å². The molecule has 194 valence electrons. The quantitative estimate of drug-likeness (QED) is 0.220. The minimum atomic E-state index is -2.81. The molecule has 0 spiro atoms. The first-order valence-corrected chi connectivity index (χ1v) is 29.1. The van der Waals surface area contributed by atoms with Crippen LogP contribution >= 0.6 is 0 Å². The molecule has 0 aliphatic heterocycles. The van der Waals surface area contributed by atoms with E-state index in [0.29, 0.717) is 0 Å². The summed E-state index contributed by atoms with van der Waals surface area (Å²) in [4.78, 5) is 0. The molecular weight excluding hydrogens is 626 g/mol. The Hall–Kier alpha value is 1.56. The Morgan fingerprint density at radius 2 is 0.676 bits per heavy atom. The van der Waals surface area contributed by atoms with Crippen LogP contribution in [0, 0.1) is 5.92 Å². The molecule has 0 N–H and O–H groups in total. The van der Waals surface area contributed by atoms with Crippen molar-refractivity contribution in [2.24, 2.45) is 5.92 Å². The first-order valence-electron chi connectivity index (χ1n) is 16.5. The fourth-order valence-electron chi connectivity index (χ4n) is 11.1. The summed E-state index contributed by atoms with van der Waals surface area (Å²) in [5.41, 5.74) is 0. The zero-order valence-electron chi connectivity index (χ0n) is 22.6. The van der Waals surface area contributed by atoms with Gasteiger partial charge in [0.15, 0.2) is 0 Å². The van der Waals surface area contributed by atoms with Crippen molar-refractivity contribution in [2.75, 3.05) is 0 Å². The van der Waals surface area contributed by atoms with Gasteiger partial charge in [0, 0.05) is 0 Å². The summed E-state index contributed by atoms with van der Waals surface area (Å²) in [7, 11) is 0. The molecule has 0 saturated heterocycles. The van der Waals surface area contributed by atoms with Crippen molar-refractivity contribution in [3.8, 4) is 0 Å². The molecule has 0 aromatic carbocycles. The third-order valence-electron chi connectivity index (χ3n) is 12.5. The van der Waals surface area contributed by atoms with Gasteiger partial charge in [-0.15, -0.1) is 0 Å². The van der Waals surface area contributed by atoms with Crippen LogP contribution in [0.15, 0.2) is 0 Å². The fraction of sp³-hybridized carbons (Fsp3) is 1.00. The van der Waals surface area contributed by atoms with E-state index >= 15 is 0 Å². The summed E-state index contributed by atoms with van der Waals surface area (Å²) in [5, 5.41) is 0. The predicted molar refractivity (Wildman–Crippen MR) is 150 cm³/mol. The SMILES string of the molecule is C1CCC([CH2][Sn]([O][Sn]([CH]2CCCC2)([CH]2CCCC2)[CH]2CCCC2)([CH]2CCCC2)[CH]2CCCC2)C1. The standard InChI is InChI=1S/C6H11.5C5H9.O.2Sn/c1-6-4-2-3-5-6;5*1-2-4-5-3-1;;;/h6H,1-5H2;5*1H,2-5H2;;;. The summed E-state index contributed by atoms with van der Waals surface area (Å²) < 4.78 is 16.3. The fourth-order valence-corrected chi connectivity index (χ4v) is 78.1. The summed E-state index contributed by atoms with van der Waals surface area (Å²) in [6, 6.07) is 0. The zero-order valence-corrected chi connectivity index (χ0v) is 28.3. The molecule has 0 aromatic heterocycles. The van der Waals surface area contributed by atoms with Crippen molar-refractivity contribution in [1.29, 1.82) is 0 Å². The van der Waals surface area contributed by atoms with E-state index in [1.54, 1.807) is 159 Å². The van der Waals surface area contributed by atoms with Gasteiger partial charge < -0.3 is 0 Å². The molecule has 0 aromatic rings. The van der Waals surface area contributed by atoms with E-state index in [9.17, 15) is 0 Å². The van der Waals surface area contributed by atoms with Crippen LogP contribution < -0.4 is 0 Å². The number of hydrogen-bond acceptors (Lipinski definition) is 1. The molecule has 6 saturated carbocycles. The molecule has 6 rings (SSSR count). The van der Waals surface area contributed by atoms with Crippen molar-refractivity contribution in [3.05, 3.63) is 0 Å². The van der Waals surface area contributed by atoms with Gasteiger partial charge in [0.25, 0.3) is 0 Å². The van der Waals surface area contributed by atoms with E-state index in [0.717, 1.165) is 25.6 Å². The summed E-state index contributed by atoms with van der Waals surface area (Å²) in [6.45, 7) is 0. The zero-order chi connectivity index (χ0) is 22.8. The molecule has 6 fully saturated rings. The Morgan fingerprint density at radius 3 is 1.03 bits per heavy atom. The molecule has 0 heterocycles. The maximum absolute atomic E-state index is 8.93. The van der Waals surface area contributed by atoms with Gasteiger partial charge in [0.05, 0.1) is 0 Å². The molecule has 0 atom stereocenters. The molecule has 3 heteroatoms. The molecule has 0 amide bonds. The molecule has 1 nitrogen and oxygen atoms in total. The van der Waals surface area contributed by atoms with E-state index in [2.05, 4.69) is 0 Å². The molecule has 0 radical (unpaired) electrons. The van der Waals surface area contributed by atoms with Crippen LogP contribution in [-0.2, 0) is 1.41 Å². The molecular formula is C31H56OSn2. The maximum atomic E-state index is 8.93. The van der Waals surface area contributed by atoms with Crippen LogP contribution in [-0.4, -0.2) is 37.6 Å². The number of hydrogen-bond donors (Lipinski definition) is 0. The second kappa shape index (κ2) is 11.7. The first kappa shape index (κ1) is 25.8. The predicted octanol–water partition coefficient (Wildman–Crippen LogP) is 10.8. The van der Waals surface area contributed by atoms with Crippen molar-refractivity contribution >= 4 is 37.6 Å². The summed E-state index contributed by atoms with van der Waals surface area (Å²) in [6.07, 6.45) is 38.0. The van der Waals surface area contributed by atoms with Crippen molar-refractivity contribution in [2.45, 2.75) is 178 Å². The van der Waals surface area contributed by atoms with E-state index in [4.69, 9.17) is 1.41 Å². The minimum absolute atomic E-state index is 1.09. The van der Waals surface area contributed by atoms with Gasteiger partial charge in [-0.1, -0.05) is 0 Å². The van der Waals surface area contributed by atoms with E-state index in [1.807, 2.05) is 0 Å². The first-order chi connectivity index (χ1) is 16.8. The van der Waals surface area contributed by atoms with Gasteiger partial charge in [-0.05, 0) is 0 Å². The van der Waals surface area contributed by atoms with Gasteiger partial charge in [0.1, 0.15) is 0 Å². The van der Waals surface area contributed by atoms with Crippen LogP contribution in [0.25, 0.3) is 0 Å². The average Bonchev–Trinajstić information content (AvgIpc) is 3.73. The van der Waals surface area contributed by atoms with Crippen molar-refractivity contribution in [3.63, 3.8) is 0 Å². The molecule has 6 aliphatic rings. The Morgan fingerprint density at radius 1 is 0.382 bits per heavy atom. The molecule has 0 bridgehead atoms. The Balaban J connectivity index is 1.44. The molecule has 34 heavy (non-hydrogen) atoms. The van der Waals surface area contributed by atoms with E-state index in [1.165, 1.54) is 0 Å². The second-order valence-electron chi connectivity index (χ2n) is 14.2. The van der Waals surface area contributed by atoms with Crippen LogP contribution in [0.4, 0.5) is 0 Å². The summed E-state index contributed by atoms with van der Waals surface area (Å²) >= 11 is -5.61. The topological polar surface area (TPSA) is 9.23 Å². The van der Waals surface area contributed by atoms with Gasteiger partial charge >= 0.3 is 223 Å². The second-order valence-corrected chi connectivity index (χ2v) is 41.8. The number of rotatable bonds is 9. The van der Waals surface area contributed by atoms with Crippen LogP contribution in [0.5, 0.6) is 0 Å². The van der Waals surface area contributed by atoms with Gasteiger partial charge in [-0.2, -0.15) is 0 Å². The van der Waals surface area contributed by atoms with Crippen LogP contribution in [0.2, 0.25) is 24.1 Å². The third kappa shape index (κ3) is 4.97. The van der Waals surface area contributed by atoms with Gasteiger partial charge in [-0.3, -0.25) is 0 Å². The van der Waals surface area contributed by atoms with E-state index in [-0.39, 0.29) is 0 Å². The van der Waals surface area contributed by atoms with Gasteiger partial charge in [0.2, 0.25) is 0 Å². The Bertz CT molecular complexity index is 571. The Labute approximate surface area is 221 Å². The molecule has 0 unspecified atom stereocenters. The summed E-state index contributed by atoms with van der Waals surface area (Å²) in [5.74, 6) is 1.09. The van der Waals surface area contributed by atoms with Crippen LogP contribution in [0.1, 0.15) is 154 Å². The Kier molecular flexibility index (Phi) is 8.92. The monoisotopic (exact) mass is 684 g/mol. The van der Waals surface area contributed by atoms with E-state index < -0.39 is 37.6 Å². The molecule has 6 aliphatic carbocycles. The van der Waals surface area contributed by atoms with Crippen LogP contribution in [0.3, 0.4) is 0 Å². The normalized spacial score (nSPS) is 30.0.